The predicted molar refractivity (Wildman–Crippen MR) is 48.7 cm³/mol. The Morgan fingerprint density at radius 1 is 1.14 bits per heavy atom. The summed E-state index contributed by atoms with van der Waals surface area (Å²) in [5.74, 6) is 0.856. The molecular weight excluding hydrogens is 184 g/mol. The third-order valence-corrected chi connectivity index (χ3v) is 2.43. The van der Waals surface area contributed by atoms with Crippen LogP contribution < -0.4 is 16.5 Å². The molecule has 0 unspecified atom stereocenters. The first kappa shape index (κ1) is 7.69. The van der Waals surface area contributed by atoms with Crippen LogP contribution in [0.4, 0.5) is 11.6 Å². The van der Waals surface area contributed by atoms with Gasteiger partial charge < -0.3 is 0 Å². The average Bonchev–Trinajstić information content (AvgIpc) is 2.75. The van der Waals surface area contributed by atoms with Gasteiger partial charge in [-0.05, 0) is 19.3 Å². The molecule has 0 atom stereocenters. The van der Waals surface area contributed by atoms with Gasteiger partial charge in [-0.1, -0.05) is 0 Å². The molecule has 1 aliphatic heterocycles. The van der Waals surface area contributed by atoms with E-state index in [2.05, 4.69) is 20.9 Å². The Morgan fingerprint density at radius 3 is 2.79 bits per heavy atom. The van der Waals surface area contributed by atoms with Gasteiger partial charge >= 0.3 is 0 Å². The zero-order valence-electron chi connectivity index (χ0n) is 7.33. The van der Waals surface area contributed by atoms with Crippen molar-refractivity contribution in [1.82, 2.24) is 9.97 Å². The molecule has 6 heteroatoms. The van der Waals surface area contributed by atoms with Crippen LogP contribution in [0, 0.1) is 0 Å². The van der Waals surface area contributed by atoms with Crippen LogP contribution in [0.2, 0.25) is 0 Å². The summed E-state index contributed by atoms with van der Waals surface area (Å²) in [5.41, 5.74) is 6.41. The molecule has 2 heterocycles. The van der Waals surface area contributed by atoms with Gasteiger partial charge in [-0.2, -0.15) is 9.92 Å². The first-order valence-electron chi connectivity index (χ1n) is 4.46. The summed E-state index contributed by atoms with van der Waals surface area (Å²) in [4.78, 5) is 24.5. The summed E-state index contributed by atoms with van der Waals surface area (Å²) in [6.07, 6.45) is 2.60. The normalized spacial score (nSPS) is 16.9. The fourth-order valence-corrected chi connectivity index (χ4v) is 1.76. The van der Waals surface area contributed by atoms with E-state index in [1.165, 1.54) is 0 Å². The average molecular weight is 192 g/mol. The van der Waals surface area contributed by atoms with Gasteiger partial charge in [-0.15, -0.1) is 0 Å². The first-order valence-corrected chi connectivity index (χ1v) is 4.46. The fourth-order valence-electron chi connectivity index (χ4n) is 1.76. The molecule has 2 aliphatic rings. The number of anilines is 2. The van der Waals surface area contributed by atoms with Gasteiger partial charge in [0.15, 0.2) is 5.82 Å². The molecule has 1 aromatic heterocycles. The lowest BCUT2D eigenvalue weighted by atomic mass is 10.3. The van der Waals surface area contributed by atoms with Crippen LogP contribution in [0.15, 0.2) is 4.79 Å². The van der Waals surface area contributed by atoms with Gasteiger partial charge in [-0.3, -0.25) is 4.79 Å². The highest BCUT2D eigenvalue weighted by Gasteiger charge is 2.20. The Bertz CT molecular complexity index is 460. The molecule has 6 nitrogen and oxygen atoms in total. The van der Waals surface area contributed by atoms with Crippen molar-refractivity contribution in [3.05, 3.63) is 21.6 Å². The molecule has 0 saturated heterocycles. The monoisotopic (exact) mass is 192 g/mol. The number of rotatable bonds is 0. The minimum atomic E-state index is -0.203. The molecule has 0 spiro atoms. The number of aryl methyl sites for hydroxylation is 1. The van der Waals surface area contributed by atoms with Crippen LogP contribution >= 0.6 is 0 Å². The van der Waals surface area contributed by atoms with E-state index in [1.54, 1.807) is 0 Å². The summed E-state index contributed by atoms with van der Waals surface area (Å²) in [6, 6.07) is 0. The van der Waals surface area contributed by atoms with Crippen molar-refractivity contribution in [1.29, 1.82) is 0 Å². The lowest BCUT2D eigenvalue weighted by Crippen LogP contribution is -2.10. The standard InChI is InChI=1S/C8H8N4O2/c13-8-4-2-1-3-5(4)9-6-7(10-8)12-14-11-6/h1-3H2,(H,9,11)(H,10,12,13). The van der Waals surface area contributed by atoms with Crippen LogP contribution in [0.3, 0.4) is 0 Å². The van der Waals surface area contributed by atoms with Crippen molar-refractivity contribution in [2.45, 2.75) is 19.3 Å². The SMILES string of the molecule is O=c1nc2c(nc3c1CCC3)NON2. The van der Waals surface area contributed by atoms with Crippen molar-refractivity contribution in [2.24, 2.45) is 0 Å². The van der Waals surface area contributed by atoms with E-state index in [9.17, 15) is 4.79 Å². The topological polar surface area (TPSA) is 76.1 Å². The molecule has 1 aliphatic carbocycles. The third kappa shape index (κ3) is 0.973. The zero-order chi connectivity index (χ0) is 9.54. The van der Waals surface area contributed by atoms with Crippen molar-refractivity contribution >= 4 is 11.6 Å². The molecule has 2 N–H and O–H groups in total. The van der Waals surface area contributed by atoms with Crippen LogP contribution in [-0.2, 0) is 17.8 Å². The maximum atomic E-state index is 11.6. The van der Waals surface area contributed by atoms with Gasteiger partial charge in [0.1, 0.15) is 0 Å². The van der Waals surface area contributed by atoms with Crippen LogP contribution in [0.5, 0.6) is 0 Å². The van der Waals surface area contributed by atoms with Gasteiger partial charge in [0.05, 0.1) is 5.69 Å². The Morgan fingerprint density at radius 2 is 1.93 bits per heavy atom. The lowest BCUT2D eigenvalue weighted by Gasteiger charge is -1.90. The lowest BCUT2D eigenvalue weighted by molar-refractivity contribution is 0.280. The quantitative estimate of drug-likeness (QED) is 0.603. The molecule has 72 valence electrons. The van der Waals surface area contributed by atoms with Gasteiger partial charge in [-0.25, -0.2) is 15.9 Å². The largest absolute Gasteiger partial charge is 0.276 e. The van der Waals surface area contributed by atoms with Crippen LogP contribution in [0.1, 0.15) is 17.7 Å². The highest BCUT2D eigenvalue weighted by atomic mass is 16.8. The number of hydrogen-bond donors (Lipinski definition) is 2. The summed E-state index contributed by atoms with van der Waals surface area (Å²) in [7, 11) is 0. The van der Waals surface area contributed by atoms with Crippen molar-refractivity contribution < 1.29 is 4.94 Å². The highest BCUT2D eigenvalue weighted by Crippen LogP contribution is 2.23. The van der Waals surface area contributed by atoms with Gasteiger partial charge in [0.25, 0.3) is 5.56 Å². The number of nitrogens with one attached hydrogen (secondary N) is 2. The Balaban J connectivity index is 2.33. The van der Waals surface area contributed by atoms with Crippen LogP contribution in [-0.4, -0.2) is 9.97 Å². The maximum Gasteiger partial charge on any atom is 0.276 e. The molecule has 0 fully saturated rings. The molecule has 14 heavy (non-hydrogen) atoms. The summed E-state index contributed by atoms with van der Waals surface area (Å²) in [6.45, 7) is 0. The van der Waals surface area contributed by atoms with E-state index in [4.69, 9.17) is 4.94 Å². The minimum absolute atomic E-state index is 0.203. The number of hydrogen-bond acceptors (Lipinski definition) is 6. The summed E-state index contributed by atoms with van der Waals surface area (Å²) < 4.78 is 0. The third-order valence-electron chi connectivity index (χ3n) is 2.43. The number of aromatic nitrogens is 2. The molecule has 0 amide bonds. The molecule has 0 radical (unpaired) electrons. The van der Waals surface area contributed by atoms with Crippen molar-refractivity contribution in [2.75, 3.05) is 11.0 Å². The molecule has 0 saturated carbocycles. The molecule has 3 rings (SSSR count). The molecule has 1 aromatic rings. The van der Waals surface area contributed by atoms with E-state index >= 15 is 0 Å². The van der Waals surface area contributed by atoms with E-state index in [0.29, 0.717) is 11.6 Å². The van der Waals surface area contributed by atoms with Gasteiger partial charge in [0, 0.05) is 5.56 Å². The number of fused-ring (bicyclic) bond motifs is 2. The minimum Gasteiger partial charge on any atom is -0.267 e. The van der Waals surface area contributed by atoms with Gasteiger partial charge in [0.2, 0.25) is 5.82 Å². The highest BCUT2D eigenvalue weighted by molar-refractivity contribution is 5.59. The van der Waals surface area contributed by atoms with Crippen molar-refractivity contribution in [3.63, 3.8) is 0 Å². The molecular formula is C8H8N4O2. The fraction of sp³-hybridized carbons (Fsp3) is 0.375. The van der Waals surface area contributed by atoms with E-state index in [1.807, 2.05) is 0 Å². The van der Waals surface area contributed by atoms with Crippen LogP contribution in [0.25, 0.3) is 0 Å². The summed E-state index contributed by atoms with van der Waals surface area (Å²) in [5, 5.41) is 0. The predicted octanol–water partition coefficient (Wildman–Crippen LogP) is 0.00950. The molecule has 0 bridgehead atoms. The number of nitrogens with zero attached hydrogens (tertiary/aromatic N) is 2. The summed E-state index contributed by atoms with van der Waals surface area (Å²) >= 11 is 0. The van der Waals surface area contributed by atoms with Crippen molar-refractivity contribution in [3.8, 4) is 0 Å². The van der Waals surface area contributed by atoms with E-state index < -0.39 is 0 Å². The smallest absolute Gasteiger partial charge is 0.267 e. The van der Waals surface area contributed by atoms with E-state index in [-0.39, 0.29) is 5.56 Å². The Kier molecular flexibility index (Phi) is 1.45. The van der Waals surface area contributed by atoms with E-state index in [0.717, 1.165) is 30.5 Å². The molecule has 0 aromatic carbocycles. The second kappa shape index (κ2) is 2.65. The second-order valence-corrected chi connectivity index (χ2v) is 3.31. The zero-order valence-corrected chi connectivity index (χ0v) is 7.33. The second-order valence-electron chi connectivity index (χ2n) is 3.31. The Hall–Kier alpha value is -1.69. The maximum absolute atomic E-state index is 11.6. The Labute approximate surface area is 79.2 Å². The first-order chi connectivity index (χ1) is 6.84.